The van der Waals surface area contributed by atoms with E-state index in [4.69, 9.17) is 0 Å². The highest BCUT2D eigenvalue weighted by molar-refractivity contribution is 9.10. The lowest BCUT2D eigenvalue weighted by molar-refractivity contribution is 0.878. The third-order valence-electron chi connectivity index (χ3n) is 2.79. The minimum Gasteiger partial charge on any atom is -0.377 e. The molecule has 0 amide bonds. The molecule has 0 fully saturated rings. The zero-order valence-corrected chi connectivity index (χ0v) is 13.4. The molecule has 1 unspecified atom stereocenters. The van der Waals surface area contributed by atoms with Gasteiger partial charge in [-0.2, -0.15) is 0 Å². The number of aryl methyl sites for hydroxylation is 1. The highest BCUT2D eigenvalue weighted by Crippen LogP contribution is 2.23. The van der Waals surface area contributed by atoms with Gasteiger partial charge in [0.05, 0.1) is 11.4 Å². The van der Waals surface area contributed by atoms with Crippen LogP contribution in [0.1, 0.15) is 24.2 Å². The van der Waals surface area contributed by atoms with Crippen LogP contribution in [0.25, 0.3) is 0 Å². The molecule has 2 rings (SSSR count). The van der Waals surface area contributed by atoms with Gasteiger partial charge in [0.15, 0.2) is 0 Å². The first-order valence-electron chi connectivity index (χ1n) is 5.71. The van der Waals surface area contributed by atoms with Crippen LogP contribution in [0, 0.1) is 6.92 Å². The first kappa shape index (κ1) is 13.6. The van der Waals surface area contributed by atoms with Gasteiger partial charge >= 0.3 is 0 Å². The van der Waals surface area contributed by atoms with Crippen LogP contribution in [0.15, 0.2) is 45.5 Å². The Kier molecular flexibility index (Phi) is 4.40. The fraction of sp³-hybridized carbons (Fsp3) is 0.214. The number of nitrogens with zero attached hydrogens (tertiary/aromatic N) is 1. The first-order chi connectivity index (χ1) is 8.56. The lowest BCUT2D eigenvalue weighted by Gasteiger charge is -2.17. The summed E-state index contributed by atoms with van der Waals surface area (Å²) in [5.74, 6) is 0. The maximum Gasteiger partial charge on any atom is 0.106 e. The lowest BCUT2D eigenvalue weighted by atomic mass is 10.1. The molecule has 0 bridgehead atoms. The third kappa shape index (κ3) is 3.33. The van der Waals surface area contributed by atoms with Gasteiger partial charge in [0.2, 0.25) is 0 Å². The summed E-state index contributed by atoms with van der Waals surface area (Å²) in [5, 5.41) is 3.47. The zero-order valence-electron chi connectivity index (χ0n) is 10.2. The van der Waals surface area contributed by atoms with Gasteiger partial charge < -0.3 is 5.32 Å². The summed E-state index contributed by atoms with van der Waals surface area (Å²) in [6, 6.07) is 12.6. The van der Waals surface area contributed by atoms with E-state index >= 15 is 0 Å². The highest BCUT2D eigenvalue weighted by Gasteiger charge is 2.07. The van der Waals surface area contributed by atoms with Crippen LogP contribution >= 0.6 is 31.9 Å². The minimum absolute atomic E-state index is 0.250. The summed E-state index contributed by atoms with van der Waals surface area (Å²) in [5.41, 5.74) is 3.31. The van der Waals surface area contributed by atoms with Crippen LogP contribution < -0.4 is 5.32 Å². The molecule has 0 radical (unpaired) electrons. The van der Waals surface area contributed by atoms with Gasteiger partial charge in [-0.15, -0.1) is 0 Å². The molecule has 2 aromatic rings. The molecule has 0 spiro atoms. The fourth-order valence-corrected chi connectivity index (χ4v) is 2.41. The van der Waals surface area contributed by atoms with Crippen LogP contribution in [0.2, 0.25) is 0 Å². The molecular weight excluding hydrogens is 356 g/mol. The first-order valence-corrected chi connectivity index (χ1v) is 7.30. The number of hydrogen-bond donors (Lipinski definition) is 1. The molecule has 1 heterocycles. The summed E-state index contributed by atoms with van der Waals surface area (Å²) in [6.07, 6.45) is 0. The Morgan fingerprint density at radius 3 is 2.33 bits per heavy atom. The Bertz CT molecular complexity index is 538. The van der Waals surface area contributed by atoms with Gasteiger partial charge in [0.25, 0.3) is 0 Å². The summed E-state index contributed by atoms with van der Waals surface area (Å²) >= 11 is 6.82. The number of halogens is 2. The molecule has 0 aliphatic rings. The van der Waals surface area contributed by atoms with Crippen LogP contribution in [0.5, 0.6) is 0 Å². The molecule has 0 aliphatic heterocycles. The molecule has 94 valence electrons. The van der Waals surface area contributed by atoms with Gasteiger partial charge in [-0.25, -0.2) is 4.98 Å². The van der Waals surface area contributed by atoms with Gasteiger partial charge in [-0.05, 0) is 59.6 Å². The third-order valence-corrected chi connectivity index (χ3v) is 3.76. The van der Waals surface area contributed by atoms with Crippen molar-refractivity contribution in [3.63, 3.8) is 0 Å². The zero-order chi connectivity index (χ0) is 13.1. The van der Waals surface area contributed by atoms with Crippen molar-refractivity contribution >= 4 is 37.5 Å². The van der Waals surface area contributed by atoms with E-state index in [-0.39, 0.29) is 6.04 Å². The van der Waals surface area contributed by atoms with Crippen molar-refractivity contribution < 1.29 is 0 Å². The number of anilines is 1. The Morgan fingerprint density at radius 1 is 1.06 bits per heavy atom. The topological polar surface area (TPSA) is 24.9 Å². The normalized spacial score (nSPS) is 12.2. The molecule has 1 N–H and O–H groups in total. The number of rotatable bonds is 3. The molecule has 4 heteroatoms. The summed E-state index contributed by atoms with van der Waals surface area (Å²) in [7, 11) is 0. The molecule has 1 atom stereocenters. The van der Waals surface area contributed by atoms with E-state index in [1.807, 2.05) is 19.1 Å². The lowest BCUT2D eigenvalue weighted by Crippen LogP contribution is -2.08. The number of aromatic nitrogens is 1. The molecule has 0 saturated carbocycles. The second-order valence-corrected chi connectivity index (χ2v) is 5.91. The summed E-state index contributed by atoms with van der Waals surface area (Å²) < 4.78 is 1.96. The van der Waals surface area contributed by atoms with E-state index in [2.05, 4.69) is 73.3 Å². The highest BCUT2D eigenvalue weighted by atomic mass is 79.9. The van der Waals surface area contributed by atoms with Crippen molar-refractivity contribution in [2.75, 3.05) is 5.32 Å². The number of nitrogens with one attached hydrogen (secondary N) is 1. The van der Waals surface area contributed by atoms with Crippen molar-refractivity contribution in [1.82, 2.24) is 4.98 Å². The van der Waals surface area contributed by atoms with Crippen molar-refractivity contribution in [3.8, 4) is 0 Å². The van der Waals surface area contributed by atoms with Crippen molar-refractivity contribution in [3.05, 3.63) is 56.7 Å². The van der Waals surface area contributed by atoms with Gasteiger partial charge in [-0.1, -0.05) is 28.1 Å². The number of pyridine rings is 1. The number of hydrogen-bond acceptors (Lipinski definition) is 2. The van der Waals surface area contributed by atoms with Gasteiger partial charge in [-0.3, -0.25) is 0 Å². The molecule has 1 aromatic heterocycles. The minimum atomic E-state index is 0.250. The quantitative estimate of drug-likeness (QED) is 0.762. The number of benzene rings is 1. The van der Waals surface area contributed by atoms with E-state index in [1.54, 1.807) is 0 Å². The Balaban J connectivity index is 2.15. The average Bonchev–Trinajstić information content (AvgIpc) is 2.33. The molecular formula is C14H14Br2N2. The van der Waals surface area contributed by atoms with Crippen LogP contribution in [-0.4, -0.2) is 4.98 Å². The van der Waals surface area contributed by atoms with Crippen LogP contribution in [0.3, 0.4) is 0 Å². The van der Waals surface area contributed by atoms with Crippen LogP contribution in [-0.2, 0) is 0 Å². The van der Waals surface area contributed by atoms with E-state index in [0.29, 0.717) is 0 Å². The largest absolute Gasteiger partial charge is 0.377 e. The van der Waals surface area contributed by atoms with Crippen molar-refractivity contribution in [1.29, 1.82) is 0 Å². The maximum atomic E-state index is 4.38. The Hall–Kier alpha value is -0.870. The second kappa shape index (κ2) is 5.85. The van der Waals surface area contributed by atoms with Crippen LogP contribution in [0.4, 0.5) is 5.69 Å². The van der Waals surface area contributed by atoms with Gasteiger partial charge in [0, 0.05) is 10.5 Å². The summed E-state index contributed by atoms with van der Waals surface area (Å²) in [4.78, 5) is 4.38. The predicted molar refractivity (Wildman–Crippen MR) is 82.9 cm³/mol. The van der Waals surface area contributed by atoms with Crippen molar-refractivity contribution in [2.24, 2.45) is 0 Å². The van der Waals surface area contributed by atoms with E-state index in [1.165, 1.54) is 5.56 Å². The summed E-state index contributed by atoms with van der Waals surface area (Å²) in [6.45, 7) is 4.14. The molecule has 0 aliphatic carbocycles. The monoisotopic (exact) mass is 368 g/mol. The molecule has 0 saturated heterocycles. The standard InChI is InChI=1S/C14H14Br2N2/c1-9(11-3-5-12(15)6-4-11)17-13-7-8-14(16)18-10(13)2/h3-9,17H,1-2H3. The molecule has 1 aromatic carbocycles. The molecule has 18 heavy (non-hydrogen) atoms. The molecule has 2 nitrogen and oxygen atoms in total. The smallest absolute Gasteiger partial charge is 0.106 e. The van der Waals surface area contributed by atoms with E-state index < -0.39 is 0 Å². The second-order valence-electron chi connectivity index (χ2n) is 4.18. The fourth-order valence-electron chi connectivity index (χ4n) is 1.75. The predicted octanol–water partition coefficient (Wildman–Crippen LogP) is 5.09. The van der Waals surface area contributed by atoms with E-state index in [9.17, 15) is 0 Å². The SMILES string of the molecule is Cc1nc(Br)ccc1NC(C)c1ccc(Br)cc1. The maximum absolute atomic E-state index is 4.38. The van der Waals surface area contributed by atoms with Crippen molar-refractivity contribution in [2.45, 2.75) is 19.9 Å². The average molecular weight is 370 g/mol. The van der Waals surface area contributed by atoms with Gasteiger partial charge in [0.1, 0.15) is 4.60 Å². The van der Waals surface area contributed by atoms with E-state index in [0.717, 1.165) is 20.5 Å². The Labute approximate surface area is 124 Å². The Morgan fingerprint density at radius 2 is 1.72 bits per heavy atom.